The third-order valence-electron chi connectivity index (χ3n) is 4.72. The lowest BCUT2D eigenvalue weighted by molar-refractivity contribution is -0.116. The summed E-state index contributed by atoms with van der Waals surface area (Å²) in [7, 11) is 0. The van der Waals surface area contributed by atoms with Crippen LogP contribution in [0.3, 0.4) is 0 Å². The molecule has 3 aromatic rings. The van der Waals surface area contributed by atoms with E-state index in [1.54, 1.807) is 18.3 Å². The number of carbonyl (C=O) groups is 1. The molecule has 0 aliphatic carbocycles. The van der Waals surface area contributed by atoms with Crippen LogP contribution in [-0.4, -0.2) is 17.4 Å². The number of nitrogens with zero attached hydrogens (tertiary/aromatic N) is 2. The zero-order valence-corrected chi connectivity index (χ0v) is 15.5. The van der Waals surface area contributed by atoms with Gasteiger partial charge in [0.05, 0.1) is 5.69 Å². The number of amides is 1. The summed E-state index contributed by atoms with van der Waals surface area (Å²) in [6.07, 6.45) is 0.913. The van der Waals surface area contributed by atoms with Crippen molar-refractivity contribution in [2.24, 2.45) is 0 Å². The van der Waals surface area contributed by atoms with E-state index in [0.29, 0.717) is 0 Å². The van der Waals surface area contributed by atoms with Gasteiger partial charge in [0.25, 0.3) is 0 Å². The number of anilines is 1. The van der Waals surface area contributed by atoms with Crippen LogP contribution in [0.15, 0.2) is 42.5 Å². The second kappa shape index (κ2) is 6.12. The molecule has 0 fully saturated rings. The molecule has 1 aromatic heterocycles. The summed E-state index contributed by atoms with van der Waals surface area (Å²) >= 11 is 1.73. The van der Waals surface area contributed by atoms with Crippen LogP contribution in [0.1, 0.15) is 22.9 Å². The Morgan fingerprint density at radius 2 is 1.80 bits per heavy atom. The third-order valence-corrected chi connectivity index (χ3v) is 5.74. The van der Waals surface area contributed by atoms with Crippen LogP contribution >= 0.6 is 11.3 Å². The van der Waals surface area contributed by atoms with E-state index >= 15 is 0 Å². The van der Waals surface area contributed by atoms with Crippen molar-refractivity contribution in [1.82, 2.24) is 4.98 Å². The Morgan fingerprint density at radius 1 is 1.08 bits per heavy atom. The Morgan fingerprint density at radius 3 is 2.52 bits per heavy atom. The molecule has 2 heterocycles. The van der Waals surface area contributed by atoms with Gasteiger partial charge in [-0.25, -0.2) is 4.98 Å². The second-order valence-corrected chi connectivity index (χ2v) is 7.76. The van der Waals surface area contributed by atoms with Crippen molar-refractivity contribution in [3.8, 4) is 21.8 Å². The Labute approximate surface area is 152 Å². The number of aryl methyl sites for hydroxylation is 2. The quantitative estimate of drug-likeness (QED) is 0.653. The first kappa shape index (κ1) is 16.0. The van der Waals surface area contributed by atoms with Crippen molar-refractivity contribution in [2.75, 3.05) is 11.4 Å². The maximum Gasteiger partial charge on any atom is 0.223 e. The zero-order valence-electron chi connectivity index (χ0n) is 14.7. The number of benzene rings is 2. The minimum atomic E-state index is 0.109. The van der Waals surface area contributed by atoms with Gasteiger partial charge < -0.3 is 4.90 Å². The Balaban J connectivity index is 1.71. The van der Waals surface area contributed by atoms with E-state index in [0.717, 1.165) is 40.5 Å². The fourth-order valence-electron chi connectivity index (χ4n) is 3.36. The van der Waals surface area contributed by atoms with Crippen molar-refractivity contribution in [3.05, 3.63) is 58.5 Å². The van der Waals surface area contributed by atoms with Crippen molar-refractivity contribution >= 4 is 22.9 Å². The number of rotatable bonds is 2. The predicted octanol–water partition coefficient (Wildman–Crippen LogP) is 5.00. The van der Waals surface area contributed by atoms with Crippen LogP contribution in [0, 0.1) is 13.8 Å². The van der Waals surface area contributed by atoms with E-state index in [1.807, 2.05) is 4.90 Å². The molecule has 0 spiro atoms. The highest BCUT2D eigenvalue weighted by molar-refractivity contribution is 7.15. The maximum absolute atomic E-state index is 11.7. The first-order chi connectivity index (χ1) is 12.0. The summed E-state index contributed by atoms with van der Waals surface area (Å²) < 4.78 is 0. The number of fused-ring (bicyclic) bond motifs is 1. The molecule has 4 heteroatoms. The molecule has 0 radical (unpaired) electrons. The van der Waals surface area contributed by atoms with Gasteiger partial charge in [-0.3, -0.25) is 4.79 Å². The van der Waals surface area contributed by atoms with E-state index in [1.165, 1.54) is 16.0 Å². The molecular formula is C21H20N2OS. The van der Waals surface area contributed by atoms with Gasteiger partial charge in [-0.15, -0.1) is 11.3 Å². The summed E-state index contributed by atoms with van der Waals surface area (Å²) in [4.78, 5) is 19.7. The van der Waals surface area contributed by atoms with Crippen LogP contribution < -0.4 is 4.90 Å². The van der Waals surface area contributed by atoms with Crippen LogP contribution in [0.25, 0.3) is 21.8 Å². The van der Waals surface area contributed by atoms with Gasteiger partial charge in [-0.05, 0) is 38.0 Å². The molecule has 2 aromatic carbocycles. The average molecular weight is 348 g/mol. The fraction of sp³-hybridized carbons (Fsp3) is 0.238. The highest BCUT2D eigenvalue weighted by Crippen LogP contribution is 2.37. The summed E-state index contributed by atoms with van der Waals surface area (Å²) in [5, 5.41) is 1.05. The summed E-state index contributed by atoms with van der Waals surface area (Å²) in [6, 6.07) is 14.8. The first-order valence-electron chi connectivity index (χ1n) is 8.49. The molecule has 0 bridgehead atoms. The molecule has 0 saturated carbocycles. The van der Waals surface area contributed by atoms with Gasteiger partial charge in [0, 0.05) is 35.2 Å². The fourth-order valence-corrected chi connectivity index (χ4v) is 4.30. The lowest BCUT2D eigenvalue weighted by Gasteiger charge is -2.14. The maximum atomic E-state index is 11.7. The summed E-state index contributed by atoms with van der Waals surface area (Å²) in [5.74, 6) is 0.109. The number of aromatic nitrogens is 1. The molecule has 0 saturated heterocycles. The lowest BCUT2D eigenvalue weighted by atomic mass is 10.1. The van der Waals surface area contributed by atoms with Crippen LogP contribution in [0.5, 0.6) is 0 Å². The minimum Gasteiger partial charge on any atom is -0.312 e. The number of hydrogen-bond acceptors (Lipinski definition) is 3. The van der Waals surface area contributed by atoms with Crippen molar-refractivity contribution in [3.63, 3.8) is 0 Å². The van der Waals surface area contributed by atoms with Crippen LogP contribution in [-0.2, 0) is 11.2 Å². The average Bonchev–Trinajstić information content (AvgIpc) is 3.18. The molecule has 0 N–H and O–H groups in total. The minimum absolute atomic E-state index is 0.109. The largest absolute Gasteiger partial charge is 0.312 e. The van der Waals surface area contributed by atoms with Gasteiger partial charge in [0.15, 0.2) is 0 Å². The number of carbonyl (C=O) groups excluding carboxylic acids is 1. The van der Waals surface area contributed by atoms with Crippen molar-refractivity contribution in [2.45, 2.75) is 27.2 Å². The molecule has 1 aliphatic rings. The smallest absolute Gasteiger partial charge is 0.223 e. The number of hydrogen-bond donors (Lipinski definition) is 0. The highest BCUT2D eigenvalue weighted by Gasteiger charge is 2.23. The standard InChI is InChI=1S/C21H20N2OS/c1-13-4-6-16(7-5-13)21-22-20(14(2)25-21)18-8-9-19-17(12-18)10-11-23(19)15(3)24/h4-9,12H,10-11H2,1-3H3. The highest BCUT2D eigenvalue weighted by atomic mass is 32.1. The predicted molar refractivity (Wildman–Crippen MR) is 104 cm³/mol. The van der Waals surface area contributed by atoms with Crippen molar-refractivity contribution < 1.29 is 4.79 Å². The van der Waals surface area contributed by atoms with E-state index in [9.17, 15) is 4.79 Å². The van der Waals surface area contributed by atoms with E-state index in [2.05, 4.69) is 56.3 Å². The monoisotopic (exact) mass is 348 g/mol. The summed E-state index contributed by atoms with van der Waals surface area (Å²) in [6.45, 7) is 6.62. The Hall–Kier alpha value is -2.46. The molecule has 1 amide bonds. The third kappa shape index (κ3) is 2.87. The molecule has 0 atom stereocenters. The summed E-state index contributed by atoms with van der Waals surface area (Å²) in [5.41, 5.74) is 6.88. The van der Waals surface area contributed by atoms with E-state index in [4.69, 9.17) is 4.98 Å². The Kier molecular flexibility index (Phi) is 3.92. The van der Waals surface area contributed by atoms with Crippen LogP contribution in [0.4, 0.5) is 5.69 Å². The SMILES string of the molecule is CC(=O)N1CCc2cc(-c3nc(-c4ccc(C)cc4)sc3C)ccc21. The van der Waals surface area contributed by atoms with Crippen molar-refractivity contribution in [1.29, 1.82) is 0 Å². The normalized spacial score (nSPS) is 13.2. The second-order valence-electron chi connectivity index (χ2n) is 6.55. The van der Waals surface area contributed by atoms with Gasteiger partial charge in [-0.2, -0.15) is 0 Å². The molecule has 126 valence electrons. The molecule has 0 unspecified atom stereocenters. The first-order valence-corrected chi connectivity index (χ1v) is 9.30. The topological polar surface area (TPSA) is 33.2 Å². The molecular weight excluding hydrogens is 328 g/mol. The lowest BCUT2D eigenvalue weighted by Crippen LogP contribution is -2.25. The van der Waals surface area contributed by atoms with E-state index < -0.39 is 0 Å². The molecule has 25 heavy (non-hydrogen) atoms. The van der Waals surface area contributed by atoms with Crippen LogP contribution in [0.2, 0.25) is 0 Å². The molecule has 4 rings (SSSR count). The molecule has 3 nitrogen and oxygen atoms in total. The Bertz CT molecular complexity index is 957. The zero-order chi connectivity index (χ0) is 17.6. The van der Waals surface area contributed by atoms with Gasteiger partial charge in [0.1, 0.15) is 5.01 Å². The van der Waals surface area contributed by atoms with E-state index in [-0.39, 0.29) is 5.91 Å². The van der Waals surface area contributed by atoms with Gasteiger partial charge in [-0.1, -0.05) is 35.9 Å². The number of thiazole rings is 1. The van der Waals surface area contributed by atoms with Gasteiger partial charge in [0.2, 0.25) is 5.91 Å². The van der Waals surface area contributed by atoms with Gasteiger partial charge >= 0.3 is 0 Å². The molecule has 1 aliphatic heterocycles.